The first-order valence-corrected chi connectivity index (χ1v) is 6.94. The molecule has 100 valence electrons. The Bertz CT molecular complexity index is 323. The van der Waals surface area contributed by atoms with E-state index in [1.54, 1.807) is 0 Å². The molecule has 1 aliphatic heterocycles. The van der Waals surface area contributed by atoms with Gasteiger partial charge in [-0.2, -0.15) is 0 Å². The lowest BCUT2D eigenvalue weighted by Crippen LogP contribution is -2.43. The van der Waals surface area contributed by atoms with Crippen LogP contribution < -0.4 is 5.73 Å². The largest absolute Gasteiger partial charge is 0.379 e. The molecule has 1 saturated heterocycles. The van der Waals surface area contributed by atoms with E-state index >= 15 is 0 Å². The van der Waals surface area contributed by atoms with E-state index in [9.17, 15) is 0 Å². The molecule has 1 unspecified atom stereocenters. The van der Waals surface area contributed by atoms with E-state index in [1.165, 1.54) is 12.0 Å². The third kappa shape index (κ3) is 4.77. The van der Waals surface area contributed by atoms with Gasteiger partial charge in [0.05, 0.1) is 13.2 Å². The first kappa shape index (κ1) is 13.5. The quantitative estimate of drug-likeness (QED) is 0.832. The van der Waals surface area contributed by atoms with Crippen LogP contribution in [0.25, 0.3) is 0 Å². The lowest BCUT2D eigenvalue weighted by Gasteiger charge is -2.29. The van der Waals surface area contributed by atoms with Crippen molar-refractivity contribution in [2.45, 2.75) is 25.3 Å². The summed E-state index contributed by atoms with van der Waals surface area (Å²) in [6.07, 6.45) is 3.42. The Kier molecular flexibility index (Phi) is 5.65. The first-order valence-electron chi connectivity index (χ1n) is 6.94. The van der Waals surface area contributed by atoms with E-state index in [0.29, 0.717) is 6.04 Å². The predicted octanol–water partition coefficient (Wildman–Crippen LogP) is 1.67. The van der Waals surface area contributed by atoms with Gasteiger partial charge < -0.3 is 10.5 Å². The average molecular weight is 248 g/mol. The standard InChI is InChI=1S/C15H24N2O/c16-15(13-17-9-11-18-12-10-17)8-4-7-14-5-2-1-3-6-14/h1-3,5-6,15H,4,7-13,16H2. The highest BCUT2D eigenvalue weighted by molar-refractivity contribution is 5.14. The number of nitrogens with two attached hydrogens (primary N) is 1. The van der Waals surface area contributed by atoms with Crippen molar-refractivity contribution in [3.63, 3.8) is 0 Å². The van der Waals surface area contributed by atoms with Gasteiger partial charge in [0, 0.05) is 25.7 Å². The van der Waals surface area contributed by atoms with Gasteiger partial charge in [-0.1, -0.05) is 30.3 Å². The Morgan fingerprint density at radius 3 is 2.61 bits per heavy atom. The van der Waals surface area contributed by atoms with Gasteiger partial charge in [-0.05, 0) is 24.8 Å². The van der Waals surface area contributed by atoms with E-state index in [-0.39, 0.29) is 0 Å². The van der Waals surface area contributed by atoms with Crippen LogP contribution in [0.15, 0.2) is 30.3 Å². The fourth-order valence-corrected chi connectivity index (χ4v) is 2.42. The van der Waals surface area contributed by atoms with Crippen molar-refractivity contribution in [3.8, 4) is 0 Å². The highest BCUT2D eigenvalue weighted by Gasteiger charge is 2.13. The molecule has 0 amide bonds. The lowest BCUT2D eigenvalue weighted by molar-refractivity contribution is 0.0349. The second kappa shape index (κ2) is 7.52. The molecule has 2 rings (SSSR count). The van der Waals surface area contributed by atoms with Crippen LogP contribution in [0.5, 0.6) is 0 Å². The normalized spacial score (nSPS) is 18.7. The van der Waals surface area contributed by atoms with Gasteiger partial charge in [-0.3, -0.25) is 4.90 Å². The monoisotopic (exact) mass is 248 g/mol. The van der Waals surface area contributed by atoms with Crippen LogP contribution in [0.1, 0.15) is 18.4 Å². The molecular formula is C15H24N2O. The molecule has 0 spiro atoms. The van der Waals surface area contributed by atoms with Crippen LogP contribution in [0.2, 0.25) is 0 Å². The minimum Gasteiger partial charge on any atom is -0.379 e. The van der Waals surface area contributed by atoms with E-state index in [0.717, 1.165) is 45.7 Å². The maximum Gasteiger partial charge on any atom is 0.0594 e. The molecule has 0 saturated carbocycles. The average Bonchev–Trinajstić information content (AvgIpc) is 2.41. The fourth-order valence-electron chi connectivity index (χ4n) is 2.42. The van der Waals surface area contributed by atoms with Crippen molar-refractivity contribution < 1.29 is 4.74 Å². The Hall–Kier alpha value is -0.900. The second-order valence-electron chi connectivity index (χ2n) is 5.05. The van der Waals surface area contributed by atoms with Gasteiger partial charge in [0.1, 0.15) is 0 Å². The summed E-state index contributed by atoms with van der Waals surface area (Å²) in [5, 5.41) is 0. The van der Waals surface area contributed by atoms with E-state index < -0.39 is 0 Å². The summed E-state index contributed by atoms with van der Waals surface area (Å²) in [7, 11) is 0. The fraction of sp³-hybridized carbons (Fsp3) is 0.600. The number of nitrogens with zero attached hydrogens (tertiary/aromatic N) is 1. The van der Waals surface area contributed by atoms with E-state index in [1.807, 2.05) is 0 Å². The van der Waals surface area contributed by atoms with Gasteiger partial charge in [0.15, 0.2) is 0 Å². The minimum atomic E-state index is 0.298. The van der Waals surface area contributed by atoms with Crippen LogP contribution in [0.4, 0.5) is 0 Å². The Labute approximate surface area is 110 Å². The lowest BCUT2D eigenvalue weighted by atomic mass is 10.0. The van der Waals surface area contributed by atoms with Crippen LogP contribution in [-0.4, -0.2) is 43.8 Å². The van der Waals surface area contributed by atoms with Crippen LogP contribution in [-0.2, 0) is 11.2 Å². The molecule has 0 aromatic heterocycles. The topological polar surface area (TPSA) is 38.5 Å². The number of hydrogen-bond donors (Lipinski definition) is 1. The molecule has 1 aliphatic rings. The number of ether oxygens (including phenoxy) is 1. The molecule has 0 aliphatic carbocycles. The summed E-state index contributed by atoms with van der Waals surface area (Å²) in [5.41, 5.74) is 7.60. The van der Waals surface area contributed by atoms with Crippen LogP contribution in [0, 0.1) is 0 Å². The zero-order chi connectivity index (χ0) is 12.6. The molecule has 1 heterocycles. The summed E-state index contributed by atoms with van der Waals surface area (Å²) in [4.78, 5) is 2.41. The number of rotatable bonds is 6. The molecule has 0 radical (unpaired) electrons. The number of benzene rings is 1. The molecule has 1 aromatic carbocycles. The highest BCUT2D eigenvalue weighted by Crippen LogP contribution is 2.07. The molecule has 18 heavy (non-hydrogen) atoms. The van der Waals surface area contributed by atoms with Gasteiger partial charge >= 0.3 is 0 Å². The van der Waals surface area contributed by atoms with Crippen molar-refractivity contribution in [1.29, 1.82) is 0 Å². The van der Waals surface area contributed by atoms with Gasteiger partial charge in [-0.15, -0.1) is 0 Å². The second-order valence-corrected chi connectivity index (χ2v) is 5.05. The third-order valence-electron chi connectivity index (χ3n) is 3.48. The number of aryl methyl sites for hydroxylation is 1. The van der Waals surface area contributed by atoms with Gasteiger partial charge in [0.2, 0.25) is 0 Å². The molecule has 0 bridgehead atoms. The summed E-state index contributed by atoms with van der Waals surface area (Å²) >= 11 is 0. The summed E-state index contributed by atoms with van der Waals surface area (Å²) in [6, 6.07) is 10.9. The zero-order valence-electron chi connectivity index (χ0n) is 11.1. The van der Waals surface area contributed by atoms with Gasteiger partial charge in [-0.25, -0.2) is 0 Å². The molecule has 3 heteroatoms. The maximum absolute atomic E-state index is 6.19. The highest BCUT2D eigenvalue weighted by atomic mass is 16.5. The Morgan fingerprint density at radius 2 is 1.89 bits per heavy atom. The maximum atomic E-state index is 6.19. The Balaban J connectivity index is 1.61. The third-order valence-corrected chi connectivity index (χ3v) is 3.48. The molecule has 2 N–H and O–H groups in total. The van der Waals surface area contributed by atoms with Crippen molar-refractivity contribution in [2.75, 3.05) is 32.8 Å². The minimum absolute atomic E-state index is 0.298. The smallest absolute Gasteiger partial charge is 0.0594 e. The molecule has 1 aromatic rings. The van der Waals surface area contributed by atoms with Crippen LogP contribution >= 0.6 is 0 Å². The Morgan fingerprint density at radius 1 is 1.17 bits per heavy atom. The molecule has 1 atom stereocenters. The number of hydrogen-bond acceptors (Lipinski definition) is 3. The van der Waals surface area contributed by atoms with Crippen molar-refractivity contribution in [1.82, 2.24) is 4.90 Å². The SMILES string of the molecule is NC(CCCc1ccccc1)CN1CCOCC1. The first-order chi connectivity index (χ1) is 8.84. The summed E-state index contributed by atoms with van der Waals surface area (Å²) < 4.78 is 5.34. The van der Waals surface area contributed by atoms with E-state index in [4.69, 9.17) is 10.5 Å². The summed E-state index contributed by atoms with van der Waals surface area (Å²) in [5.74, 6) is 0. The van der Waals surface area contributed by atoms with Gasteiger partial charge in [0.25, 0.3) is 0 Å². The molecule has 1 fully saturated rings. The predicted molar refractivity (Wildman–Crippen MR) is 74.6 cm³/mol. The molecular weight excluding hydrogens is 224 g/mol. The van der Waals surface area contributed by atoms with Crippen LogP contribution in [0.3, 0.4) is 0 Å². The number of morpholine rings is 1. The van der Waals surface area contributed by atoms with Crippen molar-refractivity contribution in [2.24, 2.45) is 5.73 Å². The molecule has 3 nitrogen and oxygen atoms in total. The van der Waals surface area contributed by atoms with Crippen molar-refractivity contribution in [3.05, 3.63) is 35.9 Å². The summed E-state index contributed by atoms with van der Waals surface area (Å²) in [6.45, 7) is 4.80. The van der Waals surface area contributed by atoms with E-state index in [2.05, 4.69) is 35.2 Å². The zero-order valence-corrected chi connectivity index (χ0v) is 11.1. The van der Waals surface area contributed by atoms with Crippen molar-refractivity contribution >= 4 is 0 Å².